The van der Waals surface area contributed by atoms with Gasteiger partial charge in [-0.25, -0.2) is 4.39 Å². The predicted octanol–water partition coefficient (Wildman–Crippen LogP) is 6.41. The molecular formula is C27H23FO2. The SMILES string of the molecule is CC1=C(CC(=O)O)c2cc(F)ccc2/C1=C\c1ccc(CCc2ccccc2)cc1. The second kappa shape index (κ2) is 8.50. The molecule has 3 aromatic carbocycles. The summed E-state index contributed by atoms with van der Waals surface area (Å²) >= 11 is 0. The van der Waals surface area contributed by atoms with Crippen LogP contribution in [0.4, 0.5) is 4.39 Å². The lowest BCUT2D eigenvalue weighted by Crippen LogP contribution is -1.97. The predicted molar refractivity (Wildman–Crippen MR) is 119 cm³/mol. The Morgan fingerprint density at radius 2 is 1.57 bits per heavy atom. The van der Waals surface area contributed by atoms with Crippen molar-refractivity contribution in [2.24, 2.45) is 0 Å². The highest BCUT2D eigenvalue weighted by Crippen LogP contribution is 2.43. The van der Waals surface area contributed by atoms with Crippen molar-refractivity contribution >= 4 is 23.2 Å². The summed E-state index contributed by atoms with van der Waals surface area (Å²) in [7, 11) is 0. The lowest BCUT2D eigenvalue weighted by Gasteiger charge is -2.06. The number of aryl methyl sites for hydroxylation is 2. The molecule has 1 aliphatic rings. The fraction of sp³-hybridized carbons (Fsp3) is 0.148. The zero-order valence-electron chi connectivity index (χ0n) is 16.9. The number of carboxylic acid groups (broad SMARTS) is 1. The molecule has 0 aromatic heterocycles. The molecule has 0 amide bonds. The van der Waals surface area contributed by atoms with E-state index in [1.165, 1.54) is 23.3 Å². The van der Waals surface area contributed by atoms with Crippen LogP contribution in [0.25, 0.3) is 17.2 Å². The van der Waals surface area contributed by atoms with Gasteiger partial charge in [0.1, 0.15) is 5.82 Å². The maximum atomic E-state index is 13.8. The molecule has 0 spiro atoms. The summed E-state index contributed by atoms with van der Waals surface area (Å²) < 4.78 is 13.8. The molecule has 0 saturated carbocycles. The molecule has 3 heteroatoms. The Bertz CT molecular complexity index is 1140. The van der Waals surface area contributed by atoms with Crippen molar-refractivity contribution in [2.75, 3.05) is 0 Å². The van der Waals surface area contributed by atoms with Gasteiger partial charge in [-0.15, -0.1) is 0 Å². The molecule has 0 atom stereocenters. The van der Waals surface area contributed by atoms with Crippen molar-refractivity contribution in [3.05, 3.63) is 112 Å². The molecule has 0 saturated heterocycles. The van der Waals surface area contributed by atoms with Crippen LogP contribution in [0, 0.1) is 5.82 Å². The Hall–Kier alpha value is -3.46. The molecular weight excluding hydrogens is 375 g/mol. The first-order valence-electron chi connectivity index (χ1n) is 10.1. The minimum Gasteiger partial charge on any atom is -0.481 e. The molecule has 1 N–H and O–H groups in total. The largest absolute Gasteiger partial charge is 0.481 e. The van der Waals surface area contributed by atoms with Crippen molar-refractivity contribution in [1.82, 2.24) is 0 Å². The van der Waals surface area contributed by atoms with E-state index in [9.17, 15) is 14.3 Å². The van der Waals surface area contributed by atoms with Crippen molar-refractivity contribution in [1.29, 1.82) is 0 Å². The van der Waals surface area contributed by atoms with Gasteiger partial charge >= 0.3 is 5.97 Å². The molecule has 1 aliphatic carbocycles. The van der Waals surface area contributed by atoms with Gasteiger partial charge < -0.3 is 5.11 Å². The van der Waals surface area contributed by atoms with Crippen molar-refractivity contribution in [3.8, 4) is 0 Å². The molecule has 0 aliphatic heterocycles. The van der Waals surface area contributed by atoms with E-state index in [1.54, 1.807) is 6.07 Å². The quantitative estimate of drug-likeness (QED) is 0.521. The van der Waals surface area contributed by atoms with Gasteiger partial charge in [-0.05, 0) is 82.5 Å². The third kappa shape index (κ3) is 4.25. The van der Waals surface area contributed by atoms with Gasteiger partial charge in [-0.1, -0.05) is 60.7 Å². The summed E-state index contributed by atoms with van der Waals surface area (Å²) in [5.74, 6) is -1.27. The van der Waals surface area contributed by atoms with Crippen molar-refractivity contribution in [2.45, 2.75) is 26.2 Å². The maximum Gasteiger partial charge on any atom is 0.307 e. The highest BCUT2D eigenvalue weighted by molar-refractivity contribution is 6.07. The molecule has 0 heterocycles. The van der Waals surface area contributed by atoms with E-state index in [4.69, 9.17) is 0 Å². The summed E-state index contributed by atoms with van der Waals surface area (Å²) in [6, 6.07) is 23.5. The Morgan fingerprint density at radius 1 is 0.900 bits per heavy atom. The number of rotatable bonds is 6. The van der Waals surface area contributed by atoms with E-state index < -0.39 is 5.97 Å². The summed E-state index contributed by atoms with van der Waals surface area (Å²) in [5.41, 5.74) is 7.74. The number of fused-ring (bicyclic) bond motifs is 1. The smallest absolute Gasteiger partial charge is 0.307 e. The van der Waals surface area contributed by atoms with E-state index in [2.05, 4.69) is 54.6 Å². The van der Waals surface area contributed by atoms with Crippen LogP contribution in [0.2, 0.25) is 0 Å². The van der Waals surface area contributed by atoms with Crippen LogP contribution in [-0.4, -0.2) is 11.1 Å². The Morgan fingerprint density at radius 3 is 2.23 bits per heavy atom. The molecule has 0 unspecified atom stereocenters. The minimum atomic E-state index is -0.913. The van der Waals surface area contributed by atoms with Crippen molar-refractivity contribution < 1.29 is 14.3 Å². The van der Waals surface area contributed by atoms with Crippen LogP contribution in [0.15, 0.2) is 78.4 Å². The van der Waals surface area contributed by atoms with Crippen LogP contribution in [0.5, 0.6) is 0 Å². The Labute approximate surface area is 176 Å². The highest BCUT2D eigenvalue weighted by Gasteiger charge is 2.25. The molecule has 30 heavy (non-hydrogen) atoms. The Balaban J connectivity index is 1.59. The Kier molecular flexibility index (Phi) is 5.62. The topological polar surface area (TPSA) is 37.3 Å². The van der Waals surface area contributed by atoms with Crippen LogP contribution in [0.3, 0.4) is 0 Å². The maximum absolute atomic E-state index is 13.8. The monoisotopic (exact) mass is 398 g/mol. The van der Waals surface area contributed by atoms with Gasteiger partial charge in [0.2, 0.25) is 0 Å². The summed E-state index contributed by atoms with van der Waals surface area (Å²) in [4.78, 5) is 11.3. The average molecular weight is 398 g/mol. The molecule has 0 radical (unpaired) electrons. The number of allylic oxidation sites excluding steroid dienone is 2. The fourth-order valence-electron chi connectivity index (χ4n) is 4.01. The number of benzene rings is 3. The lowest BCUT2D eigenvalue weighted by atomic mass is 9.99. The molecule has 3 aromatic rings. The van der Waals surface area contributed by atoms with Crippen LogP contribution in [-0.2, 0) is 17.6 Å². The fourth-order valence-corrected chi connectivity index (χ4v) is 4.01. The van der Waals surface area contributed by atoms with Gasteiger partial charge in [0, 0.05) is 0 Å². The summed E-state index contributed by atoms with van der Waals surface area (Å²) in [5, 5.41) is 9.28. The minimum absolute atomic E-state index is 0.113. The van der Waals surface area contributed by atoms with Gasteiger partial charge in [0.15, 0.2) is 0 Å². The van der Waals surface area contributed by atoms with Gasteiger partial charge in [-0.2, -0.15) is 0 Å². The van der Waals surface area contributed by atoms with E-state index >= 15 is 0 Å². The summed E-state index contributed by atoms with van der Waals surface area (Å²) in [6.07, 6.45) is 3.92. The van der Waals surface area contributed by atoms with Gasteiger partial charge in [0.05, 0.1) is 6.42 Å². The first-order chi connectivity index (χ1) is 14.5. The van der Waals surface area contributed by atoms with Crippen LogP contribution < -0.4 is 0 Å². The van der Waals surface area contributed by atoms with E-state index in [0.717, 1.165) is 35.1 Å². The lowest BCUT2D eigenvalue weighted by molar-refractivity contribution is -0.135. The third-order valence-electron chi connectivity index (χ3n) is 5.62. The molecule has 0 fully saturated rings. The number of halogens is 1. The molecule has 2 nitrogen and oxygen atoms in total. The first kappa shape index (κ1) is 19.8. The second-order valence-electron chi connectivity index (χ2n) is 7.65. The first-order valence-corrected chi connectivity index (χ1v) is 10.1. The third-order valence-corrected chi connectivity index (χ3v) is 5.62. The number of carbonyl (C=O) groups is 1. The van der Waals surface area contributed by atoms with E-state index in [1.807, 2.05) is 13.0 Å². The molecule has 150 valence electrons. The second-order valence-corrected chi connectivity index (χ2v) is 7.65. The number of hydrogen-bond donors (Lipinski definition) is 1. The van der Waals surface area contributed by atoms with Crippen LogP contribution in [0.1, 0.15) is 41.2 Å². The van der Waals surface area contributed by atoms with Crippen LogP contribution >= 0.6 is 0 Å². The van der Waals surface area contributed by atoms with E-state index in [-0.39, 0.29) is 12.2 Å². The van der Waals surface area contributed by atoms with E-state index in [0.29, 0.717) is 11.1 Å². The normalized spacial score (nSPS) is 14.3. The number of carboxylic acids is 1. The zero-order chi connectivity index (χ0) is 21.1. The highest BCUT2D eigenvalue weighted by atomic mass is 19.1. The number of hydrogen-bond acceptors (Lipinski definition) is 1. The zero-order valence-corrected chi connectivity index (χ0v) is 16.9. The average Bonchev–Trinajstić information content (AvgIpc) is 2.99. The van der Waals surface area contributed by atoms with Crippen molar-refractivity contribution in [3.63, 3.8) is 0 Å². The van der Waals surface area contributed by atoms with Gasteiger partial charge in [0.25, 0.3) is 0 Å². The standard InChI is InChI=1S/C27H23FO2/c1-18-24(23-14-13-22(28)16-26(23)25(18)17-27(29)30)15-21-11-9-20(10-12-21)8-7-19-5-3-2-4-6-19/h2-6,9-16H,7-8,17H2,1H3,(H,29,30)/b24-15-. The molecule has 0 bridgehead atoms. The van der Waals surface area contributed by atoms with Gasteiger partial charge in [-0.3, -0.25) is 4.79 Å². The molecule has 4 rings (SSSR count). The summed E-state index contributed by atoms with van der Waals surface area (Å²) in [6.45, 7) is 1.91. The number of aliphatic carboxylic acids is 1.